The zero-order valence-electron chi connectivity index (χ0n) is 8.33. The van der Waals surface area contributed by atoms with E-state index in [1.807, 2.05) is 4.90 Å². The maximum atomic E-state index is 10.7. The zero-order valence-corrected chi connectivity index (χ0v) is 9.84. The van der Waals surface area contributed by atoms with Crippen LogP contribution in [0.3, 0.4) is 0 Å². The summed E-state index contributed by atoms with van der Waals surface area (Å²) in [7, 11) is 0. The normalized spacial score (nSPS) is 25.5. The summed E-state index contributed by atoms with van der Waals surface area (Å²) in [6.45, 7) is 0. The molecule has 0 atom stereocenters. The van der Waals surface area contributed by atoms with Crippen LogP contribution in [-0.4, -0.2) is 21.7 Å². The molecule has 1 fully saturated rings. The molecule has 1 saturated carbocycles. The van der Waals surface area contributed by atoms with E-state index in [9.17, 15) is 4.79 Å². The van der Waals surface area contributed by atoms with Gasteiger partial charge in [0.1, 0.15) is 0 Å². The summed E-state index contributed by atoms with van der Waals surface area (Å²) in [5.41, 5.74) is 0.624. The third-order valence-electron chi connectivity index (χ3n) is 2.96. The molecule has 0 saturated heterocycles. The average molecular weight is 246 g/mol. The lowest BCUT2D eigenvalue weighted by Crippen LogP contribution is -2.42. The van der Waals surface area contributed by atoms with Crippen LogP contribution in [0.4, 0.5) is 0 Å². The van der Waals surface area contributed by atoms with Crippen molar-refractivity contribution in [1.29, 1.82) is 0 Å². The molecule has 4 heteroatoms. The molecule has 0 amide bonds. The number of carbonyl (C=O) groups is 1. The van der Waals surface area contributed by atoms with E-state index in [1.54, 1.807) is 18.4 Å². The standard InChI is InChI=1S/C11H13Cl2NO/c12-11(13)6-5-9(8-15)7-14(11)10-3-1-2-4-10/h5-8,10H,1-4H2. The van der Waals surface area contributed by atoms with Crippen molar-refractivity contribution in [3.8, 4) is 0 Å². The molecule has 0 bridgehead atoms. The molecule has 1 heterocycles. The molecule has 0 unspecified atom stereocenters. The molecule has 1 aliphatic heterocycles. The molecular weight excluding hydrogens is 233 g/mol. The number of aldehydes is 1. The minimum atomic E-state index is -0.998. The average Bonchev–Trinajstić information content (AvgIpc) is 2.70. The molecule has 0 aromatic carbocycles. The molecular formula is C11H13Cl2NO. The Morgan fingerprint density at radius 2 is 2.07 bits per heavy atom. The largest absolute Gasteiger partial charge is 0.340 e. The summed E-state index contributed by atoms with van der Waals surface area (Å²) in [4.78, 5) is 12.6. The highest BCUT2D eigenvalue weighted by Crippen LogP contribution is 2.38. The van der Waals surface area contributed by atoms with Gasteiger partial charge in [0.2, 0.25) is 4.46 Å². The molecule has 2 nitrogen and oxygen atoms in total. The first kappa shape index (κ1) is 11.0. The first-order valence-corrected chi connectivity index (χ1v) is 5.91. The van der Waals surface area contributed by atoms with Gasteiger partial charge >= 0.3 is 0 Å². The van der Waals surface area contributed by atoms with Gasteiger partial charge in [-0.25, -0.2) is 0 Å². The number of rotatable bonds is 2. The molecule has 0 radical (unpaired) electrons. The van der Waals surface area contributed by atoms with E-state index >= 15 is 0 Å². The highest BCUT2D eigenvalue weighted by Gasteiger charge is 2.36. The summed E-state index contributed by atoms with van der Waals surface area (Å²) >= 11 is 12.4. The fraction of sp³-hybridized carbons (Fsp3) is 0.545. The number of carbonyl (C=O) groups excluding carboxylic acids is 1. The maximum absolute atomic E-state index is 10.7. The first-order valence-electron chi connectivity index (χ1n) is 5.16. The Labute approximate surface area is 99.5 Å². The van der Waals surface area contributed by atoms with Crippen molar-refractivity contribution < 1.29 is 4.79 Å². The molecule has 0 aromatic heterocycles. The van der Waals surface area contributed by atoms with E-state index in [0.717, 1.165) is 19.1 Å². The molecule has 1 aliphatic carbocycles. The molecule has 2 aliphatic rings. The molecule has 0 aromatic rings. The van der Waals surface area contributed by atoms with Gasteiger partial charge in [-0.3, -0.25) is 4.79 Å². The first-order chi connectivity index (χ1) is 7.13. The van der Waals surface area contributed by atoms with Crippen LogP contribution in [-0.2, 0) is 4.79 Å². The van der Waals surface area contributed by atoms with Crippen LogP contribution in [0.1, 0.15) is 25.7 Å². The topological polar surface area (TPSA) is 20.3 Å². The minimum absolute atomic E-state index is 0.361. The third kappa shape index (κ3) is 2.21. The summed E-state index contributed by atoms with van der Waals surface area (Å²) in [6, 6.07) is 0.361. The fourth-order valence-electron chi connectivity index (χ4n) is 2.17. The van der Waals surface area contributed by atoms with Gasteiger partial charge in [0.25, 0.3) is 0 Å². The second-order valence-corrected chi connectivity index (χ2v) is 5.36. The summed E-state index contributed by atoms with van der Waals surface area (Å²) in [5.74, 6) is 0. The summed E-state index contributed by atoms with van der Waals surface area (Å²) in [5, 5.41) is 0. The Bertz CT molecular complexity index is 317. The summed E-state index contributed by atoms with van der Waals surface area (Å²) < 4.78 is -0.998. The SMILES string of the molecule is O=CC1=CN(C2CCCC2)C(Cl)(Cl)C=C1. The van der Waals surface area contributed by atoms with Crippen molar-refractivity contribution >= 4 is 29.5 Å². The van der Waals surface area contributed by atoms with Crippen molar-refractivity contribution in [2.24, 2.45) is 0 Å². The van der Waals surface area contributed by atoms with E-state index in [2.05, 4.69) is 0 Å². The lowest BCUT2D eigenvalue weighted by atomic mass is 10.1. The second kappa shape index (κ2) is 4.18. The predicted octanol–water partition coefficient (Wildman–Crippen LogP) is 3.02. The number of halogens is 2. The van der Waals surface area contributed by atoms with E-state index in [4.69, 9.17) is 23.2 Å². The quantitative estimate of drug-likeness (QED) is 0.424. The molecule has 0 spiro atoms. The smallest absolute Gasteiger partial charge is 0.209 e. The lowest BCUT2D eigenvalue weighted by Gasteiger charge is -2.38. The van der Waals surface area contributed by atoms with Crippen LogP contribution in [0.2, 0.25) is 0 Å². The van der Waals surface area contributed by atoms with Crippen LogP contribution in [0.5, 0.6) is 0 Å². The predicted molar refractivity (Wildman–Crippen MR) is 61.8 cm³/mol. The molecule has 0 N–H and O–H groups in total. The van der Waals surface area contributed by atoms with Crippen LogP contribution in [0.25, 0.3) is 0 Å². The van der Waals surface area contributed by atoms with E-state index in [1.165, 1.54) is 12.8 Å². The number of allylic oxidation sites excluding steroid dienone is 2. The maximum Gasteiger partial charge on any atom is 0.209 e. The van der Waals surface area contributed by atoms with Gasteiger partial charge in [0, 0.05) is 17.8 Å². The van der Waals surface area contributed by atoms with Gasteiger partial charge in [-0.05, 0) is 25.0 Å². The highest BCUT2D eigenvalue weighted by atomic mass is 35.5. The Morgan fingerprint density at radius 3 is 2.67 bits per heavy atom. The van der Waals surface area contributed by atoms with Crippen LogP contribution < -0.4 is 0 Å². The van der Waals surface area contributed by atoms with E-state index in [0.29, 0.717) is 11.6 Å². The van der Waals surface area contributed by atoms with Gasteiger partial charge < -0.3 is 4.90 Å². The van der Waals surface area contributed by atoms with Gasteiger partial charge in [-0.15, -0.1) is 0 Å². The van der Waals surface area contributed by atoms with Gasteiger partial charge in [0.15, 0.2) is 6.29 Å². The van der Waals surface area contributed by atoms with Crippen molar-refractivity contribution in [3.05, 3.63) is 23.9 Å². The lowest BCUT2D eigenvalue weighted by molar-refractivity contribution is -0.104. The summed E-state index contributed by atoms with van der Waals surface area (Å²) in [6.07, 6.45) is 10.5. The minimum Gasteiger partial charge on any atom is -0.340 e. The second-order valence-electron chi connectivity index (χ2n) is 4.01. The monoisotopic (exact) mass is 245 g/mol. The zero-order chi connectivity index (χ0) is 10.9. The fourth-order valence-corrected chi connectivity index (χ4v) is 2.67. The number of alkyl halides is 2. The van der Waals surface area contributed by atoms with Crippen LogP contribution >= 0.6 is 23.2 Å². The van der Waals surface area contributed by atoms with Crippen LogP contribution in [0.15, 0.2) is 23.9 Å². The van der Waals surface area contributed by atoms with Crippen LogP contribution in [0, 0.1) is 0 Å². The molecule has 2 rings (SSSR count). The van der Waals surface area contributed by atoms with Crippen molar-refractivity contribution in [3.63, 3.8) is 0 Å². The third-order valence-corrected chi connectivity index (χ3v) is 3.61. The number of nitrogens with zero attached hydrogens (tertiary/aromatic N) is 1. The van der Waals surface area contributed by atoms with Gasteiger partial charge in [-0.2, -0.15) is 0 Å². The van der Waals surface area contributed by atoms with Crippen molar-refractivity contribution in [2.45, 2.75) is 36.2 Å². The van der Waals surface area contributed by atoms with Gasteiger partial charge in [-0.1, -0.05) is 36.0 Å². The van der Waals surface area contributed by atoms with Gasteiger partial charge in [0.05, 0.1) is 0 Å². The number of hydrogen-bond acceptors (Lipinski definition) is 2. The number of hydrogen-bond donors (Lipinski definition) is 0. The molecule has 82 valence electrons. The Kier molecular flexibility index (Phi) is 3.08. The Morgan fingerprint density at radius 1 is 1.40 bits per heavy atom. The molecule has 15 heavy (non-hydrogen) atoms. The van der Waals surface area contributed by atoms with Crippen molar-refractivity contribution in [1.82, 2.24) is 4.90 Å². The Hall–Kier alpha value is -0.470. The van der Waals surface area contributed by atoms with Crippen molar-refractivity contribution in [2.75, 3.05) is 0 Å². The van der Waals surface area contributed by atoms with E-state index in [-0.39, 0.29) is 0 Å². The van der Waals surface area contributed by atoms with E-state index < -0.39 is 4.46 Å². The highest BCUT2D eigenvalue weighted by molar-refractivity contribution is 6.49. The Balaban J connectivity index is 2.22.